The van der Waals surface area contributed by atoms with Gasteiger partial charge in [0.1, 0.15) is 0 Å². The average Bonchev–Trinajstić information content (AvgIpc) is 2.56. The summed E-state index contributed by atoms with van der Waals surface area (Å²) in [5.74, 6) is 0.223. The van der Waals surface area contributed by atoms with E-state index in [1.165, 1.54) is 5.56 Å². The van der Waals surface area contributed by atoms with Gasteiger partial charge in [-0.15, -0.1) is 0 Å². The molecule has 0 bridgehead atoms. The molecule has 0 N–H and O–H groups in total. The Morgan fingerprint density at radius 1 is 1.16 bits per heavy atom. The molecule has 0 aliphatic rings. The minimum absolute atomic E-state index is 0.223. The molecule has 19 heavy (non-hydrogen) atoms. The van der Waals surface area contributed by atoms with Gasteiger partial charge < -0.3 is 4.57 Å². The zero-order chi connectivity index (χ0) is 15.0. The van der Waals surface area contributed by atoms with Crippen molar-refractivity contribution in [2.24, 2.45) is 10.8 Å². The fourth-order valence-corrected chi connectivity index (χ4v) is 2.24. The summed E-state index contributed by atoms with van der Waals surface area (Å²) in [7, 11) is 0. The van der Waals surface area contributed by atoms with Crippen LogP contribution in [0.1, 0.15) is 77.5 Å². The molecule has 0 saturated carbocycles. The maximum atomic E-state index is 12.5. The number of rotatable bonds is 3. The summed E-state index contributed by atoms with van der Waals surface area (Å²) in [6.45, 7) is 16.9. The number of aromatic nitrogens is 1. The van der Waals surface area contributed by atoms with E-state index in [9.17, 15) is 4.79 Å². The van der Waals surface area contributed by atoms with Gasteiger partial charge in [0.2, 0.25) is 0 Å². The second kappa shape index (κ2) is 5.15. The Kier molecular flexibility index (Phi) is 4.33. The molecule has 0 saturated heterocycles. The third kappa shape index (κ3) is 4.22. The maximum Gasteiger partial charge on any atom is 0.184 e. The van der Waals surface area contributed by atoms with Crippen LogP contribution in [0.2, 0.25) is 0 Å². The number of carbonyl (C=O) groups is 1. The lowest BCUT2D eigenvalue weighted by Gasteiger charge is -2.19. The van der Waals surface area contributed by atoms with Crippen LogP contribution in [0.4, 0.5) is 0 Å². The quantitative estimate of drug-likeness (QED) is 0.712. The van der Waals surface area contributed by atoms with Gasteiger partial charge in [-0.25, -0.2) is 0 Å². The van der Waals surface area contributed by atoms with Gasteiger partial charge >= 0.3 is 0 Å². The van der Waals surface area contributed by atoms with E-state index in [4.69, 9.17) is 0 Å². The summed E-state index contributed by atoms with van der Waals surface area (Å²) in [6, 6.07) is 2.40. The molecule has 2 nitrogen and oxygen atoms in total. The largest absolute Gasteiger partial charge is 0.342 e. The summed E-state index contributed by atoms with van der Waals surface area (Å²) < 4.78 is 2.12. The Labute approximate surface area is 118 Å². The Balaban J connectivity index is 3.20. The number of carbonyl (C=O) groups excluding carboxylic acids is 1. The summed E-state index contributed by atoms with van der Waals surface area (Å²) in [5.41, 5.74) is 2.02. The molecule has 1 aromatic heterocycles. The second-order valence-electron chi connectivity index (χ2n) is 8.05. The fraction of sp³-hybridized carbons (Fsp3) is 0.706. The molecule has 0 atom stereocenters. The van der Waals surface area contributed by atoms with Crippen LogP contribution in [0, 0.1) is 10.8 Å². The first kappa shape index (κ1) is 16.0. The van der Waals surface area contributed by atoms with Gasteiger partial charge in [-0.2, -0.15) is 0 Å². The van der Waals surface area contributed by atoms with E-state index in [1.54, 1.807) is 0 Å². The van der Waals surface area contributed by atoms with Crippen molar-refractivity contribution in [1.82, 2.24) is 4.57 Å². The predicted octanol–water partition coefficient (Wildman–Crippen LogP) is 4.89. The third-order valence-corrected chi connectivity index (χ3v) is 3.11. The van der Waals surface area contributed by atoms with Crippen LogP contribution in [0.5, 0.6) is 0 Å². The highest BCUT2D eigenvalue weighted by Gasteiger charge is 2.27. The van der Waals surface area contributed by atoms with E-state index in [2.05, 4.69) is 51.4 Å². The summed E-state index contributed by atoms with van der Waals surface area (Å²) in [4.78, 5) is 12.5. The smallest absolute Gasteiger partial charge is 0.184 e. The Morgan fingerprint density at radius 2 is 1.68 bits per heavy atom. The van der Waals surface area contributed by atoms with E-state index in [1.807, 2.05) is 20.8 Å². The number of nitrogens with zero attached hydrogens (tertiary/aromatic N) is 1. The molecule has 0 amide bonds. The zero-order valence-electron chi connectivity index (χ0n) is 13.8. The number of hydrogen-bond donors (Lipinski definition) is 0. The average molecular weight is 263 g/mol. The van der Waals surface area contributed by atoms with Crippen LogP contribution >= 0.6 is 0 Å². The first-order valence-electron chi connectivity index (χ1n) is 7.17. The van der Waals surface area contributed by atoms with Crippen LogP contribution < -0.4 is 0 Å². The number of hydrogen-bond acceptors (Lipinski definition) is 1. The van der Waals surface area contributed by atoms with Crippen molar-refractivity contribution in [2.75, 3.05) is 0 Å². The van der Waals surface area contributed by atoms with E-state index < -0.39 is 0 Å². The molecule has 1 aromatic rings. The lowest BCUT2D eigenvalue weighted by atomic mass is 9.87. The maximum absolute atomic E-state index is 12.5. The molecule has 1 rings (SSSR count). The van der Waals surface area contributed by atoms with Crippen LogP contribution in [0.25, 0.3) is 0 Å². The lowest BCUT2D eigenvalue weighted by molar-refractivity contribution is 0.0846. The topological polar surface area (TPSA) is 22.0 Å². The number of Topliss-reactive ketones (excluding diaryl/α,β-unsaturated/α-hetero) is 1. The molecular formula is C17H29NO. The number of ketones is 1. The van der Waals surface area contributed by atoms with Gasteiger partial charge in [0.25, 0.3) is 0 Å². The standard InChI is InChI=1S/C17H29NO/c1-12(2)18-11-13(10-16(3,4)5)9-14(18)15(19)17(6,7)8/h9,11-12H,10H2,1-8H3. The van der Waals surface area contributed by atoms with E-state index >= 15 is 0 Å². The van der Waals surface area contributed by atoms with Gasteiger partial charge in [0.05, 0.1) is 5.69 Å². The molecular weight excluding hydrogens is 234 g/mol. The van der Waals surface area contributed by atoms with Crippen molar-refractivity contribution >= 4 is 5.78 Å². The third-order valence-electron chi connectivity index (χ3n) is 3.11. The van der Waals surface area contributed by atoms with E-state index in [0.717, 1.165) is 12.1 Å². The van der Waals surface area contributed by atoms with Crippen molar-refractivity contribution in [2.45, 2.75) is 67.9 Å². The summed E-state index contributed by atoms with van der Waals surface area (Å²) >= 11 is 0. The van der Waals surface area contributed by atoms with E-state index in [-0.39, 0.29) is 16.6 Å². The Morgan fingerprint density at radius 3 is 2.05 bits per heavy atom. The molecule has 0 radical (unpaired) electrons. The minimum Gasteiger partial charge on any atom is -0.342 e. The monoisotopic (exact) mass is 263 g/mol. The van der Waals surface area contributed by atoms with Crippen LogP contribution in [-0.4, -0.2) is 10.4 Å². The summed E-state index contributed by atoms with van der Waals surface area (Å²) in [6.07, 6.45) is 3.14. The minimum atomic E-state index is -0.329. The predicted molar refractivity (Wildman–Crippen MR) is 81.8 cm³/mol. The Hall–Kier alpha value is -1.05. The van der Waals surface area contributed by atoms with Gasteiger partial charge in [0, 0.05) is 17.7 Å². The first-order valence-corrected chi connectivity index (χ1v) is 7.17. The van der Waals surface area contributed by atoms with Crippen LogP contribution in [-0.2, 0) is 6.42 Å². The van der Waals surface area contributed by atoms with Gasteiger partial charge in [-0.1, -0.05) is 41.5 Å². The molecule has 0 aliphatic carbocycles. The second-order valence-corrected chi connectivity index (χ2v) is 8.05. The van der Waals surface area contributed by atoms with Crippen molar-refractivity contribution in [3.63, 3.8) is 0 Å². The lowest BCUT2D eigenvalue weighted by Crippen LogP contribution is -2.23. The molecule has 2 heteroatoms. The molecule has 0 spiro atoms. The molecule has 0 fully saturated rings. The van der Waals surface area contributed by atoms with E-state index in [0.29, 0.717) is 6.04 Å². The fourth-order valence-electron chi connectivity index (χ4n) is 2.24. The molecule has 0 aromatic carbocycles. The molecule has 0 aliphatic heterocycles. The highest BCUT2D eigenvalue weighted by atomic mass is 16.1. The van der Waals surface area contributed by atoms with Crippen molar-refractivity contribution in [3.8, 4) is 0 Å². The first-order chi connectivity index (χ1) is 8.42. The van der Waals surface area contributed by atoms with Crippen LogP contribution in [0.3, 0.4) is 0 Å². The van der Waals surface area contributed by atoms with Gasteiger partial charge in [-0.05, 0) is 37.3 Å². The molecule has 1 heterocycles. The van der Waals surface area contributed by atoms with Gasteiger partial charge in [-0.3, -0.25) is 4.79 Å². The highest BCUT2D eigenvalue weighted by Crippen LogP contribution is 2.28. The SMILES string of the molecule is CC(C)n1cc(CC(C)(C)C)cc1C(=O)C(C)(C)C. The zero-order valence-corrected chi connectivity index (χ0v) is 13.8. The van der Waals surface area contributed by atoms with Crippen molar-refractivity contribution in [1.29, 1.82) is 0 Å². The molecule has 0 unspecified atom stereocenters. The van der Waals surface area contributed by atoms with Crippen LogP contribution in [0.15, 0.2) is 12.3 Å². The Bertz CT molecular complexity index is 453. The van der Waals surface area contributed by atoms with Crippen molar-refractivity contribution in [3.05, 3.63) is 23.5 Å². The normalized spacial score (nSPS) is 13.1. The van der Waals surface area contributed by atoms with Gasteiger partial charge in [0.15, 0.2) is 5.78 Å². The molecule has 108 valence electrons. The highest BCUT2D eigenvalue weighted by molar-refractivity contribution is 5.98. The summed E-state index contributed by atoms with van der Waals surface area (Å²) in [5, 5.41) is 0. The van der Waals surface area contributed by atoms with Crippen molar-refractivity contribution < 1.29 is 4.79 Å².